The average molecular weight is 203 g/mol. The largest absolute Gasteiger partial charge is 0.294 e. The van der Waals surface area contributed by atoms with Gasteiger partial charge in [-0.2, -0.15) is 0 Å². The summed E-state index contributed by atoms with van der Waals surface area (Å²) in [6.45, 7) is 3.23. The molecule has 0 bridgehead atoms. The van der Waals surface area contributed by atoms with Crippen LogP contribution in [-0.2, 0) is 0 Å². The second kappa shape index (κ2) is 3.37. The molecule has 0 aromatic carbocycles. The van der Waals surface area contributed by atoms with Crippen LogP contribution in [0.15, 0.2) is 6.07 Å². The maximum Gasteiger partial charge on any atom is 0.262 e. The topological polar surface area (TPSA) is 34.1 Å². The van der Waals surface area contributed by atoms with Crippen molar-refractivity contribution in [2.45, 2.75) is 13.8 Å². The zero-order valence-electron chi connectivity index (χ0n) is 6.68. The predicted molar refractivity (Wildman–Crippen MR) is 49.2 cm³/mol. The van der Waals surface area contributed by atoms with Crippen molar-refractivity contribution in [2.24, 2.45) is 0 Å². The van der Waals surface area contributed by atoms with E-state index in [1.165, 1.54) is 6.92 Å². The van der Waals surface area contributed by atoms with Crippen molar-refractivity contribution in [3.05, 3.63) is 21.4 Å². The average Bonchev–Trinajstić information content (AvgIpc) is 2.30. The standard InChI is InChI=1S/C8H7ClO2S/c1-4-3-6(5(2)10)12-7(4)8(9)11/h3H,1-2H3. The number of rotatable bonds is 2. The highest BCUT2D eigenvalue weighted by Gasteiger charge is 2.12. The van der Waals surface area contributed by atoms with Gasteiger partial charge >= 0.3 is 0 Å². The highest BCUT2D eigenvalue weighted by molar-refractivity contribution is 7.17. The van der Waals surface area contributed by atoms with Gasteiger partial charge in [-0.1, -0.05) is 0 Å². The summed E-state index contributed by atoms with van der Waals surface area (Å²) in [5, 5.41) is -0.495. The lowest BCUT2D eigenvalue weighted by atomic mass is 10.2. The third-order valence-corrected chi connectivity index (χ3v) is 3.08. The Hall–Kier alpha value is -0.670. The Kier molecular flexibility index (Phi) is 2.65. The van der Waals surface area contributed by atoms with Gasteiger partial charge in [0.1, 0.15) is 0 Å². The zero-order chi connectivity index (χ0) is 9.30. The number of thiophene rings is 1. The van der Waals surface area contributed by atoms with E-state index in [4.69, 9.17) is 11.6 Å². The van der Waals surface area contributed by atoms with Crippen molar-refractivity contribution >= 4 is 34.0 Å². The third kappa shape index (κ3) is 1.73. The van der Waals surface area contributed by atoms with Crippen LogP contribution < -0.4 is 0 Å². The molecule has 1 rings (SSSR count). The summed E-state index contributed by atoms with van der Waals surface area (Å²) in [6.07, 6.45) is 0. The molecule has 0 aliphatic rings. The Labute approximate surface area is 79.2 Å². The first-order chi connectivity index (χ1) is 5.52. The summed E-state index contributed by atoms with van der Waals surface area (Å²) in [5.41, 5.74) is 0.769. The minimum absolute atomic E-state index is 0.0349. The number of ketones is 1. The number of Topliss-reactive ketones (excluding diaryl/α,β-unsaturated/α-hetero) is 1. The molecule has 4 heteroatoms. The molecule has 0 aliphatic carbocycles. The van der Waals surface area contributed by atoms with E-state index < -0.39 is 5.24 Å². The van der Waals surface area contributed by atoms with Crippen LogP contribution in [0.1, 0.15) is 31.8 Å². The maximum absolute atomic E-state index is 10.9. The molecule has 0 radical (unpaired) electrons. The van der Waals surface area contributed by atoms with Gasteiger partial charge in [0.25, 0.3) is 5.24 Å². The number of hydrogen-bond donors (Lipinski definition) is 0. The van der Waals surface area contributed by atoms with E-state index in [1.54, 1.807) is 13.0 Å². The summed E-state index contributed by atoms with van der Waals surface area (Å²) >= 11 is 6.43. The predicted octanol–water partition coefficient (Wildman–Crippen LogP) is 2.64. The number of carbonyl (C=O) groups excluding carboxylic acids is 2. The van der Waals surface area contributed by atoms with Crippen LogP contribution in [0.4, 0.5) is 0 Å². The van der Waals surface area contributed by atoms with Crippen molar-refractivity contribution < 1.29 is 9.59 Å². The molecular formula is C8H7ClO2S. The highest BCUT2D eigenvalue weighted by atomic mass is 35.5. The Bertz CT molecular complexity index is 341. The van der Waals surface area contributed by atoms with Crippen LogP contribution in [0.2, 0.25) is 0 Å². The summed E-state index contributed by atoms with van der Waals surface area (Å²) in [4.78, 5) is 22.7. The maximum atomic E-state index is 10.9. The van der Waals surface area contributed by atoms with Crippen molar-refractivity contribution in [1.29, 1.82) is 0 Å². The SMILES string of the molecule is CC(=O)c1cc(C)c(C(=O)Cl)s1. The monoisotopic (exact) mass is 202 g/mol. The zero-order valence-corrected chi connectivity index (χ0v) is 8.25. The van der Waals surface area contributed by atoms with Gasteiger partial charge in [0.15, 0.2) is 5.78 Å². The first kappa shape index (κ1) is 9.42. The fraction of sp³-hybridized carbons (Fsp3) is 0.250. The molecule has 0 unspecified atom stereocenters. The van der Waals surface area contributed by atoms with E-state index in [2.05, 4.69) is 0 Å². The molecule has 12 heavy (non-hydrogen) atoms. The fourth-order valence-corrected chi connectivity index (χ4v) is 2.02. The van der Waals surface area contributed by atoms with E-state index in [0.717, 1.165) is 16.9 Å². The molecule has 1 aromatic rings. The van der Waals surface area contributed by atoms with Crippen LogP contribution in [0.5, 0.6) is 0 Å². The van der Waals surface area contributed by atoms with Gasteiger partial charge < -0.3 is 0 Å². The van der Waals surface area contributed by atoms with E-state index in [9.17, 15) is 9.59 Å². The quantitative estimate of drug-likeness (QED) is 0.546. The van der Waals surface area contributed by atoms with E-state index in [0.29, 0.717) is 9.75 Å². The molecule has 0 fully saturated rings. The third-order valence-electron chi connectivity index (χ3n) is 1.44. The first-order valence-electron chi connectivity index (χ1n) is 3.33. The Morgan fingerprint density at radius 2 is 2.08 bits per heavy atom. The lowest BCUT2D eigenvalue weighted by Crippen LogP contribution is -1.84. The van der Waals surface area contributed by atoms with Gasteiger partial charge in [-0.05, 0) is 37.1 Å². The summed E-state index contributed by atoms with van der Waals surface area (Å²) in [5.74, 6) is -0.0349. The Morgan fingerprint density at radius 3 is 2.33 bits per heavy atom. The van der Waals surface area contributed by atoms with Crippen LogP contribution in [0.25, 0.3) is 0 Å². The van der Waals surface area contributed by atoms with Crippen LogP contribution in [0, 0.1) is 6.92 Å². The molecule has 1 aromatic heterocycles. The molecule has 0 atom stereocenters. The fourth-order valence-electron chi connectivity index (χ4n) is 0.851. The van der Waals surface area contributed by atoms with Gasteiger partial charge in [-0.15, -0.1) is 11.3 Å². The summed E-state index contributed by atoms with van der Waals surface area (Å²) < 4.78 is 0. The van der Waals surface area contributed by atoms with E-state index in [-0.39, 0.29) is 5.78 Å². The second-order valence-electron chi connectivity index (χ2n) is 2.45. The Balaban J connectivity index is 3.17. The molecule has 2 nitrogen and oxygen atoms in total. The lowest BCUT2D eigenvalue weighted by molar-refractivity contribution is 0.102. The van der Waals surface area contributed by atoms with Gasteiger partial charge in [-0.25, -0.2) is 0 Å². The van der Waals surface area contributed by atoms with Gasteiger partial charge in [0.05, 0.1) is 9.75 Å². The van der Waals surface area contributed by atoms with Crippen LogP contribution >= 0.6 is 22.9 Å². The second-order valence-corrected chi connectivity index (χ2v) is 3.85. The number of carbonyl (C=O) groups is 2. The molecule has 0 saturated heterocycles. The highest BCUT2D eigenvalue weighted by Crippen LogP contribution is 2.23. The molecule has 64 valence electrons. The Morgan fingerprint density at radius 1 is 1.50 bits per heavy atom. The normalized spacial score (nSPS) is 9.92. The molecule has 0 amide bonds. The molecule has 0 spiro atoms. The first-order valence-corrected chi connectivity index (χ1v) is 4.53. The van der Waals surface area contributed by atoms with Crippen molar-refractivity contribution in [2.75, 3.05) is 0 Å². The molecule has 0 N–H and O–H groups in total. The molecule has 1 heterocycles. The van der Waals surface area contributed by atoms with Crippen molar-refractivity contribution in [3.8, 4) is 0 Å². The van der Waals surface area contributed by atoms with Crippen LogP contribution in [-0.4, -0.2) is 11.0 Å². The van der Waals surface area contributed by atoms with Gasteiger partial charge in [0, 0.05) is 0 Å². The number of aryl methyl sites for hydroxylation is 1. The van der Waals surface area contributed by atoms with Gasteiger partial charge in [0.2, 0.25) is 0 Å². The van der Waals surface area contributed by atoms with Crippen molar-refractivity contribution in [1.82, 2.24) is 0 Å². The van der Waals surface area contributed by atoms with Crippen LogP contribution in [0.3, 0.4) is 0 Å². The summed E-state index contributed by atoms with van der Waals surface area (Å²) in [6, 6.07) is 1.68. The molecule has 0 aliphatic heterocycles. The smallest absolute Gasteiger partial charge is 0.262 e. The minimum atomic E-state index is -0.495. The van der Waals surface area contributed by atoms with Crippen molar-refractivity contribution in [3.63, 3.8) is 0 Å². The molecular weight excluding hydrogens is 196 g/mol. The number of hydrogen-bond acceptors (Lipinski definition) is 3. The van der Waals surface area contributed by atoms with E-state index in [1.807, 2.05) is 0 Å². The summed E-state index contributed by atoms with van der Waals surface area (Å²) in [7, 11) is 0. The van der Waals surface area contributed by atoms with E-state index >= 15 is 0 Å². The molecule has 0 saturated carbocycles. The minimum Gasteiger partial charge on any atom is -0.294 e. The van der Waals surface area contributed by atoms with Gasteiger partial charge in [-0.3, -0.25) is 9.59 Å². The number of halogens is 1. The lowest BCUT2D eigenvalue weighted by Gasteiger charge is -1.85.